The van der Waals surface area contributed by atoms with E-state index in [0.29, 0.717) is 5.41 Å². The van der Waals surface area contributed by atoms with Crippen molar-refractivity contribution < 1.29 is 4.43 Å². The van der Waals surface area contributed by atoms with Gasteiger partial charge in [-0.15, -0.1) is 0 Å². The van der Waals surface area contributed by atoms with Gasteiger partial charge in [-0.3, -0.25) is 0 Å². The first-order chi connectivity index (χ1) is 7.34. The normalized spacial score (nSPS) is 22.3. The molecule has 1 aliphatic rings. The fourth-order valence-electron chi connectivity index (χ4n) is 2.15. The summed E-state index contributed by atoms with van der Waals surface area (Å²) in [6, 6.07) is 0. The predicted octanol–water partition coefficient (Wildman–Crippen LogP) is 4.13. The Balaban J connectivity index is 2.60. The third-order valence-electron chi connectivity index (χ3n) is 3.46. The number of hydrogen-bond donors (Lipinski definition) is 0. The molecule has 0 aromatic rings. The Morgan fingerprint density at radius 2 is 1.81 bits per heavy atom. The van der Waals surface area contributed by atoms with Crippen LogP contribution >= 0.6 is 15.9 Å². The summed E-state index contributed by atoms with van der Waals surface area (Å²) >= 11 is 3.62. The summed E-state index contributed by atoms with van der Waals surface area (Å²) in [5.74, 6) is 0.799. The lowest BCUT2D eigenvalue weighted by molar-refractivity contribution is 0.245. The minimum absolute atomic E-state index is 0.421. The molecular weight excluding hydrogens is 280 g/mol. The summed E-state index contributed by atoms with van der Waals surface area (Å²) in [6.07, 6.45) is 2.50. The third-order valence-corrected chi connectivity index (χ3v) is 4.97. The van der Waals surface area contributed by atoms with Crippen LogP contribution < -0.4 is 0 Å². The third kappa shape index (κ3) is 4.01. The number of rotatable bonds is 4. The Morgan fingerprint density at radius 3 is 2.25 bits per heavy atom. The van der Waals surface area contributed by atoms with Gasteiger partial charge in [0.05, 0.1) is 6.61 Å². The van der Waals surface area contributed by atoms with Crippen molar-refractivity contribution in [3.8, 4) is 0 Å². The second kappa shape index (κ2) is 5.83. The second-order valence-corrected chi connectivity index (χ2v) is 9.16. The lowest BCUT2D eigenvalue weighted by Crippen LogP contribution is -2.18. The summed E-state index contributed by atoms with van der Waals surface area (Å²) in [6.45, 7) is 12.4. The molecule has 1 unspecified atom stereocenters. The average Bonchev–Trinajstić information content (AvgIpc) is 2.56. The minimum atomic E-state index is -0.877. The van der Waals surface area contributed by atoms with E-state index < -0.39 is 9.04 Å². The van der Waals surface area contributed by atoms with E-state index in [1.807, 2.05) is 0 Å². The van der Waals surface area contributed by atoms with Gasteiger partial charge in [-0.25, -0.2) is 0 Å². The van der Waals surface area contributed by atoms with Gasteiger partial charge >= 0.3 is 0 Å². The highest BCUT2D eigenvalue weighted by atomic mass is 79.9. The van der Waals surface area contributed by atoms with Crippen LogP contribution in [-0.2, 0) is 4.43 Å². The van der Waals surface area contributed by atoms with Crippen LogP contribution in [0.5, 0.6) is 0 Å². The molecule has 0 N–H and O–H groups in total. The fourth-order valence-corrected chi connectivity index (χ4v) is 3.31. The van der Waals surface area contributed by atoms with Crippen molar-refractivity contribution in [1.82, 2.24) is 0 Å². The number of allylic oxidation sites excluding steroid dienone is 1. The average molecular weight is 305 g/mol. The van der Waals surface area contributed by atoms with Crippen LogP contribution in [0, 0.1) is 11.3 Å². The molecule has 0 amide bonds. The van der Waals surface area contributed by atoms with E-state index >= 15 is 0 Å². The molecule has 0 bridgehead atoms. The zero-order chi connectivity index (χ0) is 12.3. The molecular formula is C13H25BrOSi. The zero-order valence-corrected chi connectivity index (χ0v) is 14.0. The lowest BCUT2D eigenvalue weighted by atomic mass is 9.78. The monoisotopic (exact) mass is 304 g/mol. The maximum Gasteiger partial charge on any atom is 0.171 e. The van der Waals surface area contributed by atoms with Gasteiger partial charge in [0.15, 0.2) is 9.04 Å². The molecule has 0 saturated carbocycles. The van der Waals surface area contributed by atoms with Crippen molar-refractivity contribution in [2.45, 2.75) is 46.7 Å². The van der Waals surface area contributed by atoms with E-state index in [9.17, 15) is 0 Å². The van der Waals surface area contributed by atoms with Crippen molar-refractivity contribution in [1.29, 1.82) is 0 Å². The van der Waals surface area contributed by atoms with Crippen molar-refractivity contribution in [2.24, 2.45) is 11.3 Å². The SMILES string of the molecule is C[SiH](C)OCC1=C(CBr)CC(C(C)(C)C)C1. The van der Waals surface area contributed by atoms with Gasteiger partial charge in [0, 0.05) is 5.33 Å². The molecule has 0 aliphatic heterocycles. The number of alkyl halides is 1. The van der Waals surface area contributed by atoms with Gasteiger partial charge in [-0.1, -0.05) is 42.3 Å². The zero-order valence-electron chi connectivity index (χ0n) is 11.3. The quantitative estimate of drug-likeness (QED) is 0.431. The van der Waals surface area contributed by atoms with E-state index in [-0.39, 0.29) is 0 Å². The van der Waals surface area contributed by atoms with Crippen molar-refractivity contribution >= 4 is 25.0 Å². The molecule has 3 heteroatoms. The number of halogens is 1. The molecule has 0 spiro atoms. The first kappa shape index (κ1) is 14.5. The van der Waals surface area contributed by atoms with Crippen molar-refractivity contribution in [3.63, 3.8) is 0 Å². The van der Waals surface area contributed by atoms with E-state index in [1.54, 1.807) is 11.1 Å². The fraction of sp³-hybridized carbons (Fsp3) is 0.846. The Hall–Kier alpha value is 0.397. The highest BCUT2D eigenvalue weighted by Gasteiger charge is 2.32. The van der Waals surface area contributed by atoms with E-state index in [0.717, 1.165) is 17.9 Å². The molecule has 0 heterocycles. The molecule has 0 radical (unpaired) electrons. The molecule has 94 valence electrons. The van der Waals surface area contributed by atoms with Crippen LogP contribution in [-0.4, -0.2) is 21.0 Å². The summed E-state index contributed by atoms with van der Waals surface area (Å²) < 4.78 is 5.88. The standard InChI is InChI=1S/C13H25BrOSi/c1-13(2,3)12-6-10(8-14)11(7-12)9-15-16(4)5/h12,16H,6-9H2,1-5H3. The van der Waals surface area contributed by atoms with Crippen LogP contribution in [0.1, 0.15) is 33.6 Å². The predicted molar refractivity (Wildman–Crippen MR) is 77.8 cm³/mol. The van der Waals surface area contributed by atoms with E-state index in [2.05, 4.69) is 49.8 Å². The van der Waals surface area contributed by atoms with Crippen LogP contribution in [0.2, 0.25) is 13.1 Å². The van der Waals surface area contributed by atoms with E-state index in [4.69, 9.17) is 4.43 Å². The summed E-state index contributed by atoms with van der Waals surface area (Å²) in [5, 5.41) is 1.03. The first-order valence-electron chi connectivity index (χ1n) is 6.22. The largest absolute Gasteiger partial charge is 0.417 e. The van der Waals surface area contributed by atoms with Gasteiger partial charge < -0.3 is 4.43 Å². The summed E-state index contributed by atoms with van der Waals surface area (Å²) in [5.41, 5.74) is 3.58. The Labute approximate surface area is 111 Å². The van der Waals surface area contributed by atoms with Gasteiger partial charge in [0.1, 0.15) is 0 Å². The Kier molecular flexibility index (Phi) is 5.27. The highest BCUT2D eigenvalue weighted by molar-refractivity contribution is 9.09. The summed E-state index contributed by atoms with van der Waals surface area (Å²) in [4.78, 5) is 0. The molecule has 0 saturated heterocycles. The second-order valence-electron chi connectivity index (χ2n) is 6.17. The van der Waals surface area contributed by atoms with Gasteiger partial charge in [0.25, 0.3) is 0 Å². The molecule has 0 aromatic heterocycles. The lowest BCUT2D eigenvalue weighted by Gasteiger charge is -2.27. The smallest absolute Gasteiger partial charge is 0.171 e. The molecule has 1 aliphatic carbocycles. The van der Waals surface area contributed by atoms with Gasteiger partial charge in [-0.05, 0) is 42.8 Å². The highest BCUT2D eigenvalue weighted by Crippen LogP contribution is 2.42. The Bertz CT molecular complexity index is 266. The molecule has 0 aromatic carbocycles. The van der Waals surface area contributed by atoms with Crippen molar-refractivity contribution in [3.05, 3.63) is 11.1 Å². The minimum Gasteiger partial charge on any atom is -0.417 e. The maximum atomic E-state index is 5.88. The molecule has 16 heavy (non-hydrogen) atoms. The van der Waals surface area contributed by atoms with Crippen LogP contribution in [0.3, 0.4) is 0 Å². The van der Waals surface area contributed by atoms with Crippen LogP contribution in [0.25, 0.3) is 0 Å². The molecule has 0 fully saturated rings. The number of hydrogen-bond acceptors (Lipinski definition) is 1. The Morgan fingerprint density at radius 1 is 1.25 bits per heavy atom. The molecule has 1 rings (SSSR count). The van der Waals surface area contributed by atoms with Gasteiger partial charge in [-0.2, -0.15) is 0 Å². The van der Waals surface area contributed by atoms with Crippen molar-refractivity contribution in [2.75, 3.05) is 11.9 Å². The topological polar surface area (TPSA) is 9.23 Å². The summed E-state index contributed by atoms with van der Waals surface area (Å²) in [7, 11) is -0.877. The maximum absolute atomic E-state index is 5.88. The first-order valence-corrected chi connectivity index (χ1v) is 10.1. The molecule has 1 nitrogen and oxygen atoms in total. The van der Waals surface area contributed by atoms with Crippen LogP contribution in [0.15, 0.2) is 11.1 Å². The van der Waals surface area contributed by atoms with E-state index in [1.165, 1.54) is 12.8 Å². The van der Waals surface area contributed by atoms with Gasteiger partial charge in [0.2, 0.25) is 0 Å². The molecule has 1 atom stereocenters. The van der Waals surface area contributed by atoms with Crippen LogP contribution in [0.4, 0.5) is 0 Å².